The van der Waals surface area contributed by atoms with Crippen LogP contribution in [-0.2, 0) is 0 Å². The van der Waals surface area contributed by atoms with Crippen LogP contribution in [-0.4, -0.2) is 6.10 Å². The molecule has 1 atom stereocenters. The van der Waals surface area contributed by atoms with E-state index in [4.69, 9.17) is 4.74 Å². The largest absolute Gasteiger partial charge is 0.490 e. The number of ether oxygens (including phenoxy) is 1. The summed E-state index contributed by atoms with van der Waals surface area (Å²) in [6.45, 7) is 4.40. The molecule has 0 amide bonds. The third kappa shape index (κ3) is 4.88. The monoisotopic (exact) mass is 406 g/mol. The lowest BCUT2D eigenvalue weighted by Gasteiger charge is -2.23. The van der Waals surface area contributed by atoms with Crippen molar-refractivity contribution in [3.8, 4) is 39.1 Å². The van der Waals surface area contributed by atoms with Gasteiger partial charge in [0, 0.05) is 11.1 Å². The van der Waals surface area contributed by atoms with E-state index in [1.807, 2.05) is 0 Å². The molecular weight excluding hydrogens is 376 g/mol. The summed E-state index contributed by atoms with van der Waals surface area (Å²) in [4.78, 5) is 0. The minimum absolute atomic E-state index is 0.175. The summed E-state index contributed by atoms with van der Waals surface area (Å²) in [5, 5.41) is 0. The second kappa shape index (κ2) is 10.1. The fourth-order valence-corrected chi connectivity index (χ4v) is 4.10. The highest BCUT2D eigenvalue weighted by Crippen LogP contribution is 2.45. The lowest BCUT2D eigenvalue weighted by molar-refractivity contribution is 0.208. The van der Waals surface area contributed by atoms with Gasteiger partial charge in [-0.3, -0.25) is 0 Å². The van der Waals surface area contributed by atoms with Crippen LogP contribution < -0.4 is 4.74 Å². The van der Waals surface area contributed by atoms with Crippen molar-refractivity contribution in [2.45, 2.75) is 39.2 Å². The molecule has 0 radical (unpaired) electrons. The third-order valence-electron chi connectivity index (χ3n) is 5.67. The summed E-state index contributed by atoms with van der Waals surface area (Å²) in [6.07, 6.45) is 3.59. The molecule has 0 fully saturated rings. The summed E-state index contributed by atoms with van der Waals surface area (Å²) in [5.74, 6) is 0.952. The smallest absolute Gasteiger partial charge is 0.128 e. The van der Waals surface area contributed by atoms with Crippen LogP contribution in [0, 0.1) is 0 Å². The molecule has 4 rings (SSSR count). The molecule has 156 valence electrons. The Bertz CT molecular complexity index is 1090. The van der Waals surface area contributed by atoms with Gasteiger partial charge >= 0.3 is 0 Å². The van der Waals surface area contributed by atoms with E-state index < -0.39 is 0 Å². The molecule has 0 aliphatic heterocycles. The number of rotatable bonds is 8. The van der Waals surface area contributed by atoms with Crippen molar-refractivity contribution in [2.24, 2.45) is 0 Å². The first-order valence-electron chi connectivity index (χ1n) is 11.3. The first-order valence-corrected chi connectivity index (χ1v) is 11.3. The minimum atomic E-state index is 0.175. The van der Waals surface area contributed by atoms with E-state index >= 15 is 0 Å². The molecule has 0 aliphatic carbocycles. The van der Waals surface area contributed by atoms with Crippen molar-refractivity contribution >= 4 is 0 Å². The molecule has 0 spiro atoms. The summed E-state index contributed by atoms with van der Waals surface area (Å²) >= 11 is 0. The Hall–Kier alpha value is -3.32. The number of hydrogen-bond acceptors (Lipinski definition) is 1. The Labute approximate surface area is 186 Å². The van der Waals surface area contributed by atoms with Crippen molar-refractivity contribution in [3.05, 3.63) is 103 Å². The van der Waals surface area contributed by atoms with Crippen LogP contribution in [0.5, 0.6) is 5.75 Å². The number of hydrogen-bond donors (Lipinski definition) is 0. The van der Waals surface area contributed by atoms with Gasteiger partial charge in [-0.15, -0.1) is 0 Å². The SMILES string of the molecule is CCCCC(C)Oc1ccc(-c2ccccc2)c(-c2ccccc2)c1-c1ccccc1. The topological polar surface area (TPSA) is 9.23 Å². The summed E-state index contributed by atoms with van der Waals surface area (Å²) < 4.78 is 6.55. The Morgan fingerprint density at radius 1 is 0.613 bits per heavy atom. The van der Waals surface area contributed by atoms with Crippen LogP contribution >= 0.6 is 0 Å². The molecule has 0 saturated heterocycles. The summed E-state index contributed by atoms with van der Waals surface area (Å²) in [7, 11) is 0. The first kappa shape index (κ1) is 20.9. The zero-order valence-electron chi connectivity index (χ0n) is 18.4. The lowest BCUT2D eigenvalue weighted by atomic mass is 9.87. The van der Waals surface area contributed by atoms with Crippen LogP contribution in [0.25, 0.3) is 33.4 Å². The molecule has 31 heavy (non-hydrogen) atoms. The van der Waals surface area contributed by atoms with Gasteiger partial charge in [-0.05, 0) is 41.7 Å². The second-order valence-corrected chi connectivity index (χ2v) is 8.03. The van der Waals surface area contributed by atoms with Gasteiger partial charge in [0.2, 0.25) is 0 Å². The number of unbranched alkanes of at least 4 members (excludes halogenated alkanes) is 1. The molecule has 0 N–H and O–H groups in total. The Morgan fingerprint density at radius 3 is 1.68 bits per heavy atom. The molecule has 4 aromatic rings. The highest BCUT2D eigenvalue weighted by molar-refractivity contribution is 5.97. The predicted octanol–water partition coefficient (Wildman–Crippen LogP) is 8.65. The van der Waals surface area contributed by atoms with Crippen LogP contribution in [0.1, 0.15) is 33.1 Å². The fourth-order valence-electron chi connectivity index (χ4n) is 4.10. The zero-order valence-corrected chi connectivity index (χ0v) is 18.4. The molecule has 0 bridgehead atoms. The molecule has 1 unspecified atom stereocenters. The minimum Gasteiger partial charge on any atom is -0.490 e. The average Bonchev–Trinajstić information content (AvgIpc) is 2.84. The molecule has 4 aromatic carbocycles. The lowest BCUT2D eigenvalue weighted by Crippen LogP contribution is -2.12. The maximum absolute atomic E-state index is 6.55. The quantitative estimate of drug-likeness (QED) is 0.284. The van der Waals surface area contributed by atoms with Gasteiger partial charge in [-0.25, -0.2) is 0 Å². The van der Waals surface area contributed by atoms with Gasteiger partial charge in [0.25, 0.3) is 0 Å². The Morgan fingerprint density at radius 2 is 1.13 bits per heavy atom. The predicted molar refractivity (Wildman–Crippen MR) is 132 cm³/mol. The fraction of sp³-hybridized carbons (Fsp3) is 0.200. The van der Waals surface area contributed by atoms with Gasteiger partial charge in [0.05, 0.1) is 6.10 Å². The van der Waals surface area contributed by atoms with E-state index in [0.29, 0.717) is 0 Å². The third-order valence-corrected chi connectivity index (χ3v) is 5.67. The highest BCUT2D eigenvalue weighted by atomic mass is 16.5. The van der Waals surface area contributed by atoms with Gasteiger partial charge in [0.1, 0.15) is 5.75 Å². The van der Waals surface area contributed by atoms with Gasteiger partial charge in [-0.2, -0.15) is 0 Å². The maximum atomic E-state index is 6.55. The molecule has 0 heterocycles. The molecule has 0 saturated carbocycles. The van der Waals surface area contributed by atoms with Crippen molar-refractivity contribution in [2.75, 3.05) is 0 Å². The summed E-state index contributed by atoms with van der Waals surface area (Å²) in [5.41, 5.74) is 7.20. The van der Waals surface area contributed by atoms with Crippen LogP contribution in [0.4, 0.5) is 0 Å². The van der Waals surface area contributed by atoms with Crippen LogP contribution in [0.15, 0.2) is 103 Å². The molecule has 0 aliphatic rings. The van der Waals surface area contributed by atoms with Gasteiger partial charge in [0.15, 0.2) is 0 Å². The van der Waals surface area contributed by atoms with E-state index in [2.05, 4.69) is 117 Å². The van der Waals surface area contributed by atoms with E-state index in [-0.39, 0.29) is 6.10 Å². The van der Waals surface area contributed by atoms with Crippen molar-refractivity contribution < 1.29 is 4.74 Å². The Kier molecular flexibility index (Phi) is 6.84. The molecular formula is C30H30O. The van der Waals surface area contributed by atoms with Crippen molar-refractivity contribution in [1.82, 2.24) is 0 Å². The zero-order chi connectivity index (χ0) is 21.5. The summed E-state index contributed by atoms with van der Waals surface area (Å²) in [6, 6.07) is 36.3. The maximum Gasteiger partial charge on any atom is 0.128 e. The standard InChI is InChI=1S/C30H30O/c1-3-4-14-23(2)31-28-22-21-27(24-15-8-5-9-16-24)29(25-17-10-6-11-18-25)30(28)26-19-12-7-13-20-26/h5-13,15-23H,3-4,14H2,1-2H3. The Balaban J connectivity index is 1.96. The van der Waals surface area contributed by atoms with Crippen molar-refractivity contribution in [3.63, 3.8) is 0 Å². The van der Waals surface area contributed by atoms with E-state index in [1.54, 1.807) is 0 Å². The van der Waals surface area contributed by atoms with Crippen molar-refractivity contribution in [1.29, 1.82) is 0 Å². The average molecular weight is 407 g/mol. The van der Waals surface area contributed by atoms with E-state index in [1.165, 1.54) is 40.7 Å². The van der Waals surface area contributed by atoms with Crippen LogP contribution in [0.3, 0.4) is 0 Å². The van der Waals surface area contributed by atoms with E-state index in [0.717, 1.165) is 17.7 Å². The van der Waals surface area contributed by atoms with E-state index in [9.17, 15) is 0 Å². The molecule has 0 aromatic heterocycles. The highest BCUT2D eigenvalue weighted by Gasteiger charge is 2.20. The number of benzene rings is 4. The normalized spacial score (nSPS) is 11.8. The second-order valence-electron chi connectivity index (χ2n) is 8.03. The first-order chi connectivity index (χ1) is 15.3. The van der Waals surface area contributed by atoms with Gasteiger partial charge in [-0.1, -0.05) is 117 Å². The molecule has 1 nitrogen and oxygen atoms in total. The van der Waals surface area contributed by atoms with Crippen LogP contribution in [0.2, 0.25) is 0 Å². The van der Waals surface area contributed by atoms with Gasteiger partial charge < -0.3 is 4.74 Å². The molecule has 1 heteroatoms.